The van der Waals surface area contributed by atoms with E-state index < -0.39 is 0 Å². The Kier molecular flexibility index (Phi) is 10.2. The lowest BCUT2D eigenvalue weighted by Gasteiger charge is -2.11. The molecule has 0 atom stereocenters. The Morgan fingerprint density at radius 2 is 1.88 bits per heavy atom. The van der Waals surface area contributed by atoms with E-state index in [2.05, 4.69) is 34.5 Å². The SMILES string of the molecule is CN=C(NCCCC(C)C)NCCc1coc(-c2ccc(F)cc2)n1.I. The van der Waals surface area contributed by atoms with Gasteiger partial charge in [-0.2, -0.15) is 0 Å². The van der Waals surface area contributed by atoms with Gasteiger partial charge in [-0.05, 0) is 43.0 Å². The maximum atomic E-state index is 13.0. The molecule has 2 aromatic rings. The number of aromatic nitrogens is 1. The van der Waals surface area contributed by atoms with Gasteiger partial charge in [0.1, 0.15) is 12.1 Å². The monoisotopic (exact) mass is 474 g/mol. The quantitative estimate of drug-likeness (QED) is 0.260. The van der Waals surface area contributed by atoms with Crippen LogP contribution in [-0.4, -0.2) is 31.1 Å². The van der Waals surface area contributed by atoms with Gasteiger partial charge >= 0.3 is 0 Å². The fourth-order valence-electron chi connectivity index (χ4n) is 2.39. The molecule has 0 unspecified atom stereocenters. The molecule has 1 heterocycles. The first kappa shape index (κ1) is 22.4. The molecule has 0 saturated heterocycles. The normalized spacial score (nSPS) is 11.3. The van der Waals surface area contributed by atoms with E-state index in [1.54, 1.807) is 25.4 Å². The molecular formula is C19H28FIN4O. The van der Waals surface area contributed by atoms with E-state index in [1.807, 2.05) is 0 Å². The number of aliphatic imine (C=N–C) groups is 1. The standard InChI is InChI=1S/C19H27FN4O.HI/c1-14(2)5-4-11-22-19(21-3)23-12-10-17-13-25-18(24-17)15-6-8-16(20)9-7-15;/h6-9,13-14H,4-5,10-12H2,1-3H3,(H2,21,22,23);1H. The van der Waals surface area contributed by atoms with Gasteiger partial charge in [-0.25, -0.2) is 9.37 Å². The van der Waals surface area contributed by atoms with Crippen molar-refractivity contribution < 1.29 is 8.81 Å². The third-order valence-corrected chi connectivity index (χ3v) is 3.79. The highest BCUT2D eigenvalue weighted by Gasteiger charge is 2.07. The number of nitrogens with one attached hydrogen (secondary N) is 2. The zero-order valence-electron chi connectivity index (χ0n) is 15.6. The van der Waals surface area contributed by atoms with E-state index in [-0.39, 0.29) is 29.8 Å². The number of nitrogens with zero attached hydrogens (tertiary/aromatic N) is 2. The number of oxazole rings is 1. The molecule has 0 amide bonds. The predicted molar refractivity (Wildman–Crippen MR) is 114 cm³/mol. The molecule has 0 aliphatic heterocycles. The number of guanidine groups is 1. The van der Waals surface area contributed by atoms with Crippen LogP contribution >= 0.6 is 24.0 Å². The first-order valence-electron chi connectivity index (χ1n) is 8.73. The summed E-state index contributed by atoms with van der Waals surface area (Å²) in [4.78, 5) is 8.65. The molecule has 0 aliphatic rings. The van der Waals surface area contributed by atoms with E-state index >= 15 is 0 Å². The summed E-state index contributed by atoms with van der Waals surface area (Å²) in [5, 5.41) is 6.58. The summed E-state index contributed by atoms with van der Waals surface area (Å²) in [6.45, 7) is 6.08. The van der Waals surface area contributed by atoms with E-state index in [4.69, 9.17) is 4.42 Å². The van der Waals surface area contributed by atoms with E-state index in [1.165, 1.54) is 18.6 Å². The molecule has 2 N–H and O–H groups in total. The van der Waals surface area contributed by atoms with Crippen molar-refractivity contribution in [3.63, 3.8) is 0 Å². The molecule has 0 spiro atoms. The van der Waals surface area contributed by atoms with Crippen molar-refractivity contribution in [3.8, 4) is 11.5 Å². The zero-order valence-corrected chi connectivity index (χ0v) is 17.9. The van der Waals surface area contributed by atoms with Gasteiger partial charge in [0.2, 0.25) is 5.89 Å². The van der Waals surface area contributed by atoms with E-state index in [0.717, 1.165) is 42.5 Å². The topological polar surface area (TPSA) is 62.5 Å². The van der Waals surface area contributed by atoms with Gasteiger partial charge in [0, 0.05) is 32.1 Å². The number of benzene rings is 1. The number of rotatable bonds is 8. The van der Waals surface area contributed by atoms with Crippen molar-refractivity contribution >= 4 is 29.9 Å². The van der Waals surface area contributed by atoms with Crippen molar-refractivity contribution in [3.05, 3.63) is 42.0 Å². The van der Waals surface area contributed by atoms with Crippen molar-refractivity contribution in [1.29, 1.82) is 0 Å². The summed E-state index contributed by atoms with van der Waals surface area (Å²) in [6.07, 6.45) is 4.69. The number of halogens is 2. The first-order chi connectivity index (χ1) is 12.1. The van der Waals surface area contributed by atoms with E-state index in [9.17, 15) is 4.39 Å². The number of hydrogen-bond acceptors (Lipinski definition) is 3. The Morgan fingerprint density at radius 3 is 2.54 bits per heavy atom. The molecule has 0 fully saturated rings. The summed E-state index contributed by atoms with van der Waals surface area (Å²) in [6, 6.07) is 6.11. The minimum atomic E-state index is -0.271. The van der Waals surface area contributed by atoms with Gasteiger partial charge < -0.3 is 15.1 Å². The summed E-state index contributed by atoms with van der Waals surface area (Å²) < 4.78 is 18.4. The second kappa shape index (κ2) is 11.9. The van der Waals surface area contributed by atoms with Crippen LogP contribution in [0, 0.1) is 11.7 Å². The molecule has 26 heavy (non-hydrogen) atoms. The summed E-state index contributed by atoms with van der Waals surface area (Å²) in [5.74, 6) is 1.75. The molecule has 7 heteroatoms. The molecule has 1 aromatic carbocycles. The van der Waals surface area contributed by atoms with Crippen molar-refractivity contribution in [2.24, 2.45) is 10.9 Å². The zero-order chi connectivity index (χ0) is 18.1. The third kappa shape index (κ3) is 7.72. The van der Waals surface area contributed by atoms with Gasteiger partial charge in [0.05, 0.1) is 5.69 Å². The Balaban J connectivity index is 0.00000338. The van der Waals surface area contributed by atoms with Gasteiger partial charge in [-0.3, -0.25) is 4.99 Å². The van der Waals surface area contributed by atoms with Crippen LogP contribution in [0.5, 0.6) is 0 Å². The third-order valence-electron chi connectivity index (χ3n) is 3.79. The Hall–Kier alpha value is -1.64. The van der Waals surface area contributed by atoms with Crippen LogP contribution in [0.25, 0.3) is 11.5 Å². The van der Waals surface area contributed by atoms with Crippen LogP contribution in [0.1, 0.15) is 32.4 Å². The van der Waals surface area contributed by atoms with Crippen LogP contribution < -0.4 is 10.6 Å². The average molecular weight is 474 g/mol. The second-order valence-electron chi connectivity index (χ2n) is 6.36. The second-order valence-corrected chi connectivity index (χ2v) is 6.36. The van der Waals surface area contributed by atoms with Crippen molar-refractivity contribution in [1.82, 2.24) is 15.6 Å². The first-order valence-corrected chi connectivity index (χ1v) is 8.73. The highest BCUT2D eigenvalue weighted by Crippen LogP contribution is 2.18. The Morgan fingerprint density at radius 1 is 1.19 bits per heavy atom. The molecule has 0 aliphatic carbocycles. The Labute approximate surface area is 171 Å². The highest BCUT2D eigenvalue weighted by molar-refractivity contribution is 14.0. The van der Waals surface area contributed by atoms with Gasteiger partial charge in [0.15, 0.2) is 5.96 Å². The molecule has 0 bridgehead atoms. The van der Waals surface area contributed by atoms with Gasteiger partial charge in [-0.1, -0.05) is 13.8 Å². The molecule has 0 saturated carbocycles. The maximum absolute atomic E-state index is 13.0. The van der Waals surface area contributed by atoms with Crippen LogP contribution in [-0.2, 0) is 6.42 Å². The molecular weight excluding hydrogens is 446 g/mol. The highest BCUT2D eigenvalue weighted by atomic mass is 127. The lowest BCUT2D eigenvalue weighted by atomic mass is 10.1. The largest absolute Gasteiger partial charge is 0.444 e. The summed E-state index contributed by atoms with van der Waals surface area (Å²) in [7, 11) is 1.76. The Bertz CT molecular complexity index is 670. The lowest BCUT2D eigenvalue weighted by Crippen LogP contribution is -2.38. The molecule has 5 nitrogen and oxygen atoms in total. The lowest BCUT2D eigenvalue weighted by molar-refractivity contribution is 0.549. The van der Waals surface area contributed by atoms with E-state index in [0.29, 0.717) is 12.4 Å². The fourth-order valence-corrected chi connectivity index (χ4v) is 2.39. The summed E-state index contributed by atoms with van der Waals surface area (Å²) in [5.41, 5.74) is 1.62. The van der Waals surface area contributed by atoms with Crippen molar-refractivity contribution in [2.75, 3.05) is 20.1 Å². The van der Waals surface area contributed by atoms with Gasteiger partial charge in [-0.15, -0.1) is 24.0 Å². The molecule has 144 valence electrons. The minimum Gasteiger partial charge on any atom is -0.444 e. The fraction of sp³-hybridized carbons (Fsp3) is 0.474. The minimum absolute atomic E-state index is 0. The predicted octanol–water partition coefficient (Wildman–Crippen LogP) is 4.24. The molecule has 0 radical (unpaired) electrons. The van der Waals surface area contributed by atoms with Crippen LogP contribution in [0.4, 0.5) is 4.39 Å². The number of hydrogen-bond donors (Lipinski definition) is 2. The van der Waals surface area contributed by atoms with Crippen LogP contribution in [0.2, 0.25) is 0 Å². The summed E-state index contributed by atoms with van der Waals surface area (Å²) >= 11 is 0. The molecule has 1 aromatic heterocycles. The average Bonchev–Trinajstić information content (AvgIpc) is 3.06. The molecule has 2 rings (SSSR count). The maximum Gasteiger partial charge on any atom is 0.226 e. The van der Waals surface area contributed by atoms with Gasteiger partial charge in [0.25, 0.3) is 0 Å². The smallest absolute Gasteiger partial charge is 0.226 e. The van der Waals surface area contributed by atoms with Crippen molar-refractivity contribution in [2.45, 2.75) is 33.1 Å². The van der Waals surface area contributed by atoms with Crippen LogP contribution in [0.3, 0.4) is 0 Å². The van der Waals surface area contributed by atoms with Crippen LogP contribution in [0.15, 0.2) is 39.9 Å².